The zero-order valence-electron chi connectivity index (χ0n) is 17.9. The molecule has 3 aromatic rings. The number of piperidine rings is 2. The Labute approximate surface area is 188 Å². The average Bonchev–Trinajstić information content (AvgIpc) is 3.29. The molecule has 0 aliphatic carbocycles. The van der Waals surface area contributed by atoms with E-state index in [1.165, 1.54) is 4.31 Å². The van der Waals surface area contributed by atoms with Crippen molar-refractivity contribution in [1.82, 2.24) is 14.2 Å². The summed E-state index contributed by atoms with van der Waals surface area (Å²) in [5.41, 5.74) is 1.68. The van der Waals surface area contributed by atoms with E-state index in [9.17, 15) is 13.2 Å². The number of nitrogens with zero attached hydrogens (tertiary/aromatic N) is 3. The monoisotopic (exact) mass is 453 g/mol. The number of likely N-dealkylation sites (tertiary alicyclic amines) is 1. The molecule has 0 spiro atoms. The summed E-state index contributed by atoms with van der Waals surface area (Å²) in [5.74, 6) is 1.03. The number of carbonyl (C=O) groups excluding carboxylic acids is 1. The second-order valence-corrected chi connectivity index (χ2v) is 10.5. The van der Waals surface area contributed by atoms with Crippen molar-refractivity contribution >= 4 is 27.0 Å². The fraction of sp³-hybridized carbons (Fsp3) is 0.417. The predicted octanol–water partition coefficient (Wildman–Crippen LogP) is 3.63. The molecule has 2 aliphatic rings. The summed E-state index contributed by atoms with van der Waals surface area (Å²) in [6, 6.07) is 16.3. The normalized spacial score (nSPS) is 19.4. The first-order valence-electron chi connectivity index (χ1n) is 11.2. The molecule has 1 aromatic heterocycles. The molecule has 2 saturated heterocycles. The molecule has 0 bridgehead atoms. The average molecular weight is 454 g/mol. The number of oxazole rings is 1. The minimum Gasteiger partial charge on any atom is -0.440 e. The quantitative estimate of drug-likeness (QED) is 0.602. The number of fused-ring (bicyclic) bond motifs is 1. The van der Waals surface area contributed by atoms with Gasteiger partial charge in [0.05, 0.1) is 4.90 Å². The highest BCUT2D eigenvalue weighted by Gasteiger charge is 2.35. The van der Waals surface area contributed by atoms with Crippen LogP contribution >= 0.6 is 0 Å². The second kappa shape index (κ2) is 8.67. The Morgan fingerprint density at radius 1 is 0.875 bits per heavy atom. The molecule has 3 heterocycles. The summed E-state index contributed by atoms with van der Waals surface area (Å²) in [4.78, 5) is 19.9. The molecule has 0 N–H and O–H groups in total. The molecule has 168 valence electrons. The van der Waals surface area contributed by atoms with Gasteiger partial charge in [0, 0.05) is 38.0 Å². The summed E-state index contributed by atoms with van der Waals surface area (Å²) in [5, 5.41) is 0. The first-order valence-corrected chi connectivity index (χ1v) is 12.7. The number of amides is 1. The van der Waals surface area contributed by atoms with Gasteiger partial charge in [-0.05, 0) is 49.9 Å². The third kappa shape index (κ3) is 4.04. The molecule has 1 amide bonds. The molecule has 7 nitrogen and oxygen atoms in total. The highest BCUT2D eigenvalue weighted by molar-refractivity contribution is 7.89. The fourth-order valence-electron chi connectivity index (χ4n) is 4.75. The molecular weight excluding hydrogens is 426 g/mol. The lowest BCUT2D eigenvalue weighted by Gasteiger charge is -2.36. The van der Waals surface area contributed by atoms with Crippen molar-refractivity contribution in [2.24, 2.45) is 5.92 Å². The van der Waals surface area contributed by atoms with Crippen molar-refractivity contribution in [3.8, 4) is 0 Å². The maximum absolute atomic E-state index is 13.1. The third-order valence-corrected chi connectivity index (χ3v) is 8.56. The predicted molar refractivity (Wildman–Crippen MR) is 120 cm³/mol. The molecule has 2 aromatic carbocycles. The van der Waals surface area contributed by atoms with Crippen LogP contribution in [0.5, 0.6) is 0 Å². The van der Waals surface area contributed by atoms with E-state index in [1.54, 1.807) is 30.3 Å². The number of benzene rings is 2. The van der Waals surface area contributed by atoms with E-state index in [1.807, 2.05) is 29.2 Å². The van der Waals surface area contributed by atoms with Crippen molar-refractivity contribution in [2.75, 3.05) is 26.2 Å². The molecule has 8 heteroatoms. The number of para-hydroxylation sites is 2. The number of aromatic nitrogens is 1. The van der Waals surface area contributed by atoms with Crippen LogP contribution in [0.15, 0.2) is 63.9 Å². The van der Waals surface area contributed by atoms with Gasteiger partial charge in [-0.1, -0.05) is 30.3 Å². The Kier molecular flexibility index (Phi) is 5.73. The molecule has 5 rings (SSSR count). The zero-order chi connectivity index (χ0) is 22.1. The lowest BCUT2D eigenvalue weighted by molar-refractivity contribution is -0.137. The van der Waals surface area contributed by atoms with E-state index in [0.29, 0.717) is 43.9 Å². The first-order chi connectivity index (χ1) is 15.5. The lowest BCUT2D eigenvalue weighted by Crippen LogP contribution is -2.46. The van der Waals surface area contributed by atoms with E-state index < -0.39 is 10.0 Å². The van der Waals surface area contributed by atoms with E-state index >= 15 is 0 Å². The lowest BCUT2D eigenvalue weighted by atomic mass is 9.92. The van der Waals surface area contributed by atoms with Crippen LogP contribution < -0.4 is 0 Å². The number of rotatable bonds is 4. The Bertz CT molecular complexity index is 1160. The molecule has 2 aliphatic heterocycles. The molecule has 0 radical (unpaired) electrons. The van der Waals surface area contributed by atoms with Crippen LogP contribution in [0.1, 0.15) is 37.5 Å². The maximum Gasteiger partial charge on any atom is 0.243 e. The Balaban J connectivity index is 1.16. The Hall–Kier alpha value is -2.71. The first kappa shape index (κ1) is 21.2. The van der Waals surface area contributed by atoms with Gasteiger partial charge in [0.2, 0.25) is 15.9 Å². The van der Waals surface area contributed by atoms with Crippen LogP contribution in [0.2, 0.25) is 0 Å². The minimum atomic E-state index is -3.49. The van der Waals surface area contributed by atoms with E-state index in [-0.39, 0.29) is 17.7 Å². The number of carbonyl (C=O) groups is 1. The zero-order valence-corrected chi connectivity index (χ0v) is 18.7. The van der Waals surface area contributed by atoms with Crippen LogP contribution in [-0.4, -0.2) is 54.7 Å². The standard InChI is InChI=1S/C24H27N3O4S/c28-24(19-12-16-27(17-13-19)32(29,30)20-6-2-1-3-7-20)26-14-10-18(11-15-26)23-25-21-8-4-5-9-22(21)31-23/h1-9,18-19H,10-17H2. The van der Waals surface area contributed by atoms with Gasteiger partial charge in [0.15, 0.2) is 11.5 Å². The van der Waals surface area contributed by atoms with Gasteiger partial charge < -0.3 is 9.32 Å². The van der Waals surface area contributed by atoms with Gasteiger partial charge in [-0.25, -0.2) is 13.4 Å². The van der Waals surface area contributed by atoms with Crippen LogP contribution in [0.25, 0.3) is 11.1 Å². The third-order valence-electron chi connectivity index (χ3n) is 6.65. The highest BCUT2D eigenvalue weighted by atomic mass is 32.2. The van der Waals surface area contributed by atoms with Crippen LogP contribution in [0, 0.1) is 5.92 Å². The minimum absolute atomic E-state index is 0.113. The highest BCUT2D eigenvalue weighted by Crippen LogP contribution is 2.32. The summed E-state index contributed by atoms with van der Waals surface area (Å²) < 4.78 is 33.1. The fourth-order valence-corrected chi connectivity index (χ4v) is 6.25. The molecule has 0 saturated carbocycles. The molecule has 32 heavy (non-hydrogen) atoms. The number of sulfonamides is 1. The molecular formula is C24H27N3O4S. The van der Waals surface area contributed by atoms with Crippen molar-refractivity contribution in [3.05, 3.63) is 60.5 Å². The summed E-state index contributed by atoms with van der Waals surface area (Å²) in [6.45, 7) is 2.13. The van der Waals surface area contributed by atoms with Crippen molar-refractivity contribution < 1.29 is 17.6 Å². The molecule has 0 atom stereocenters. The summed E-state index contributed by atoms with van der Waals surface area (Å²) in [7, 11) is -3.49. The van der Waals surface area contributed by atoms with Crippen molar-refractivity contribution in [3.63, 3.8) is 0 Å². The van der Waals surface area contributed by atoms with Gasteiger partial charge >= 0.3 is 0 Å². The molecule has 0 unspecified atom stereocenters. The van der Waals surface area contributed by atoms with Crippen LogP contribution in [0.4, 0.5) is 0 Å². The second-order valence-electron chi connectivity index (χ2n) is 8.61. The Morgan fingerprint density at radius 3 is 2.22 bits per heavy atom. The van der Waals surface area contributed by atoms with E-state index in [2.05, 4.69) is 4.98 Å². The number of hydrogen-bond donors (Lipinski definition) is 0. The van der Waals surface area contributed by atoms with Gasteiger partial charge in [0.1, 0.15) is 5.52 Å². The van der Waals surface area contributed by atoms with Gasteiger partial charge in [-0.3, -0.25) is 4.79 Å². The van der Waals surface area contributed by atoms with Gasteiger partial charge in [-0.2, -0.15) is 4.31 Å². The largest absolute Gasteiger partial charge is 0.440 e. The molecule has 2 fully saturated rings. The topological polar surface area (TPSA) is 83.7 Å². The van der Waals surface area contributed by atoms with Crippen molar-refractivity contribution in [2.45, 2.75) is 36.5 Å². The van der Waals surface area contributed by atoms with Crippen LogP contribution in [0.3, 0.4) is 0 Å². The van der Waals surface area contributed by atoms with E-state index in [0.717, 1.165) is 29.8 Å². The maximum atomic E-state index is 13.1. The van der Waals surface area contributed by atoms with Gasteiger partial charge in [0.25, 0.3) is 0 Å². The summed E-state index contributed by atoms with van der Waals surface area (Å²) >= 11 is 0. The van der Waals surface area contributed by atoms with E-state index in [4.69, 9.17) is 4.42 Å². The van der Waals surface area contributed by atoms with Crippen molar-refractivity contribution in [1.29, 1.82) is 0 Å². The van der Waals surface area contributed by atoms with Crippen LogP contribution in [-0.2, 0) is 14.8 Å². The number of hydrogen-bond acceptors (Lipinski definition) is 5. The summed E-state index contributed by atoms with van der Waals surface area (Å²) in [6.07, 6.45) is 2.80. The SMILES string of the molecule is O=C(C1CCN(S(=O)(=O)c2ccccc2)CC1)N1CCC(c2nc3ccccc3o2)CC1. The smallest absolute Gasteiger partial charge is 0.243 e. The Morgan fingerprint density at radius 2 is 1.53 bits per heavy atom. The van der Waals surface area contributed by atoms with Gasteiger partial charge in [-0.15, -0.1) is 0 Å².